The van der Waals surface area contributed by atoms with Gasteiger partial charge < -0.3 is 15.4 Å². The van der Waals surface area contributed by atoms with Crippen LogP contribution in [0.3, 0.4) is 0 Å². The molecule has 0 unspecified atom stereocenters. The lowest BCUT2D eigenvalue weighted by Crippen LogP contribution is -2.08. The summed E-state index contributed by atoms with van der Waals surface area (Å²) in [6, 6.07) is 4.46. The highest BCUT2D eigenvalue weighted by atomic mass is 35.5. The average Bonchev–Trinajstić information content (AvgIpc) is 2.48. The van der Waals surface area contributed by atoms with Crippen LogP contribution in [0.4, 0.5) is 22.0 Å². The molecule has 0 atom stereocenters. The van der Waals surface area contributed by atoms with Crippen LogP contribution in [0.25, 0.3) is 0 Å². The summed E-state index contributed by atoms with van der Waals surface area (Å²) in [4.78, 5) is 12.2. The van der Waals surface area contributed by atoms with Gasteiger partial charge in [0.2, 0.25) is 11.9 Å². The van der Waals surface area contributed by atoms with Crippen LogP contribution < -0.4 is 15.4 Å². The molecule has 0 fully saturated rings. The van der Waals surface area contributed by atoms with E-state index in [-0.39, 0.29) is 17.6 Å². The van der Waals surface area contributed by atoms with E-state index in [1.54, 1.807) is 13.1 Å². The molecule has 0 aliphatic heterocycles. The van der Waals surface area contributed by atoms with E-state index in [2.05, 4.69) is 25.6 Å². The van der Waals surface area contributed by atoms with Gasteiger partial charge in [-0.05, 0) is 24.6 Å². The van der Waals surface area contributed by atoms with Crippen LogP contribution in [0.5, 0.6) is 6.01 Å². The van der Waals surface area contributed by atoms with Crippen LogP contribution in [-0.4, -0.2) is 28.6 Å². The Labute approximate surface area is 126 Å². The second-order valence-corrected chi connectivity index (χ2v) is 4.55. The minimum atomic E-state index is -0.495. The third-order valence-electron chi connectivity index (χ3n) is 2.45. The van der Waals surface area contributed by atoms with Gasteiger partial charge in [-0.3, -0.25) is 0 Å². The number of anilines is 3. The van der Waals surface area contributed by atoms with Gasteiger partial charge in [-0.2, -0.15) is 15.0 Å². The monoisotopic (exact) mass is 311 g/mol. The van der Waals surface area contributed by atoms with Crippen molar-refractivity contribution in [2.24, 2.45) is 0 Å². The van der Waals surface area contributed by atoms with Crippen molar-refractivity contribution in [3.05, 3.63) is 29.0 Å². The molecule has 1 heterocycles. The van der Waals surface area contributed by atoms with Crippen molar-refractivity contribution in [2.75, 3.05) is 24.3 Å². The number of rotatable bonds is 6. The zero-order valence-corrected chi connectivity index (χ0v) is 12.4. The Morgan fingerprint density at radius 2 is 2.00 bits per heavy atom. The first-order chi connectivity index (χ1) is 10.1. The van der Waals surface area contributed by atoms with Crippen LogP contribution in [0.2, 0.25) is 5.02 Å². The van der Waals surface area contributed by atoms with Crippen LogP contribution in [0.1, 0.15) is 13.3 Å². The van der Waals surface area contributed by atoms with Gasteiger partial charge in [-0.25, -0.2) is 4.39 Å². The molecule has 0 aliphatic rings. The van der Waals surface area contributed by atoms with Crippen molar-refractivity contribution in [2.45, 2.75) is 13.3 Å². The Morgan fingerprint density at radius 1 is 1.24 bits per heavy atom. The topological polar surface area (TPSA) is 72.0 Å². The van der Waals surface area contributed by atoms with E-state index in [9.17, 15) is 4.39 Å². The summed E-state index contributed by atoms with van der Waals surface area (Å²) in [6.45, 7) is 2.46. The minimum Gasteiger partial charge on any atom is -0.463 e. The fourth-order valence-electron chi connectivity index (χ4n) is 1.49. The molecule has 0 saturated heterocycles. The van der Waals surface area contributed by atoms with E-state index in [0.29, 0.717) is 17.6 Å². The van der Waals surface area contributed by atoms with Gasteiger partial charge in [0.05, 0.1) is 12.3 Å². The first-order valence-electron chi connectivity index (χ1n) is 6.41. The maximum Gasteiger partial charge on any atom is 0.323 e. The molecule has 8 heteroatoms. The van der Waals surface area contributed by atoms with E-state index in [1.165, 1.54) is 12.1 Å². The molecule has 6 nitrogen and oxygen atoms in total. The summed E-state index contributed by atoms with van der Waals surface area (Å²) in [5.41, 5.74) is 0.217. The predicted octanol–water partition coefficient (Wildman–Crippen LogP) is 3.24. The third kappa shape index (κ3) is 4.16. The molecular formula is C13H15ClFN5O. The molecule has 0 radical (unpaired) electrons. The smallest absolute Gasteiger partial charge is 0.323 e. The Kier molecular flexibility index (Phi) is 5.10. The number of nitrogens with zero attached hydrogens (tertiary/aromatic N) is 3. The second-order valence-electron chi connectivity index (χ2n) is 4.11. The summed E-state index contributed by atoms with van der Waals surface area (Å²) in [5, 5.41) is 5.89. The largest absolute Gasteiger partial charge is 0.463 e. The summed E-state index contributed by atoms with van der Waals surface area (Å²) < 4.78 is 19.1. The molecule has 21 heavy (non-hydrogen) atoms. The minimum absolute atomic E-state index is 0.174. The molecule has 2 N–H and O–H groups in total. The Balaban J connectivity index is 2.25. The van der Waals surface area contributed by atoms with E-state index < -0.39 is 5.82 Å². The molecule has 2 rings (SSSR count). The molecule has 0 aliphatic carbocycles. The summed E-state index contributed by atoms with van der Waals surface area (Å²) in [7, 11) is 1.67. The molecule has 0 bridgehead atoms. The molecular weight excluding hydrogens is 297 g/mol. The fraction of sp³-hybridized carbons (Fsp3) is 0.308. The molecule has 1 aromatic carbocycles. The van der Waals surface area contributed by atoms with Gasteiger partial charge in [0, 0.05) is 12.1 Å². The van der Waals surface area contributed by atoms with Crippen molar-refractivity contribution in [3.8, 4) is 6.01 Å². The first kappa shape index (κ1) is 15.2. The lowest BCUT2D eigenvalue weighted by atomic mass is 10.3. The highest BCUT2D eigenvalue weighted by Gasteiger charge is 2.09. The molecule has 0 spiro atoms. The van der Waals surface area contributed by atoms with Crippen LogP contribution in [-0.2, 0) is 0 Å². The van der Waals surface area contributed by atoms with Crippen molar-refractivity contribution < 1.29 is 9.13 Å². The lowest BCUT2D eigenvalue weighted by Gasteiger charge is -2.09. The average molecular weight is 312 g/mol. The van der Waals surface area contributed by atoms with Crippen molar-refractivity contribution >= 4 is 29.2 Å². The molecule has 112 valence electrons. The van der Waals surface area contributed by atoms with Crippen LogP contribution in [0, 0.1) is 5.82 Å². The Morgan fingerprint density at radius 3 is 2.67 bits per heavy atom. The van der Waals surface area contributed by atoms with Gasteiger partial charge in [0.1, 0.15) is 5.82 Å². The number of hydrogen-bond donors (Lipinski definition) is 2. The molecule has 1 aromatic heterocycles. The summed E-state index contributed by atoms with van der Waals surface area (Å²) in [5.74, 6) is 0.0135. The van der Waals surface area contributed by atoms with Gasteiger partial charge in [-0.15, -0.1) is 0 Å². The van der Waals surface area contributed by atoms with Crippen molar-refractivity contribution in [3.63, 3.8) is 0 Å². The van der Waals surface area contributed by atoms with Gasteiger partial charge in [0.25, 0.3) is 0 Å². The second kappa shape index (κ2) is 7.03. The van der Waals surface area contributed by atoms with E-state index >= 15 is 0 Å². The van der Waals surface area contributed by atoms with Gasteiger partial charge in [-0.1, -0.05) is 18.5 Å². The number of hydrogen-bond acceptors (Lipinski definition) is 6. The zero-order valence-electron chi connectivity index (χ0n) is 11.7. The quantitative estimate of drug-likeness (QED) is 0.853. The van der Waals surface area contributed by atoms with E-state index in [0.717, 1.165) is 6.42 Å². The first-order valence-corrected chi connectivity index (χ1v) is 6.79. The van der Waals surface area contributed by atoms with Crippen molar-refractivity contribution in [1.29, 1.82) is 0 Å². The molecule has 0 saturated carbocycles. The Bertz CT molecular complexity index is 626. The predicted molar refractivity (Wildman–Crippen MR) is 79.9 cm³/mol. The molecule has 0 amide bonds. The SMILES string of the molecule is CCCOc1nc(NC)nc(Nc2ccc(Cl)cc2F)n1. The maximum atomic E-state index is 13.8. The lowest BCUT2D eigenvalue weighted by molar-refractivity contribution is 0.292. The van der Waals surface area contributed by atoms with Gasteiger partial charge >= 0.3 is 6.01 Å². The van der Waals surface area contributed by atoms with Crippen LogP contribution >= 0.6 is 11.6 Å². The zero-order chi connectivity index (χ0) is 15.2. The Hall–Kier alpha value is -2.15. The van der Waals surface area contributed by atoms with E-state index in [1.807, 2.05) is 6.92 Å². The third-order valence-corrected chi connectivity index (χ3v) is 2.69. The number of halogens is 2. The number of ether oxygens (including phenoxy) is 1. The fourth-order valence-corrected chi connectivity index (χ4v) is 1.65. The summed E-state index contributed by atoms with van der Waals surface area (Å²) >= 11 is 5.71. The highest BCUT2D eigenvalue weighted by Crippen LogP contribution is 2.22. The van der Waals surface area contributed by atoms with Crippen LogP contribution in [0.15, 0.2) is 18.2 Å². The van der Waals surface area contributed by atoms with Crippen molar-refractivity contribution in [1.82, 2.24) is 15.0 Å². The van der Waals surface area contributed by atoms with Gasteiger partial charge in [0.15, 0.2) is 0 Å². The molecule has 2 aromatic rings. The summed E-state index contributed by atoms with van der Waals surface area (Å²) in [6.07, 6.45) is 0.829. The standard InChI is InChI=1S/C13H15ClFN5O/c1-3-6-21-13-19-11(16-2)18-12(20-13)17-10-5-4-8(14)7-9(10)15/h4-5,7H,3,6H2,1-2H3,(H2,16,17,18,19,20). The highest BCUT2D eigenvalue weighted by molar-refractivity contribution is 6.30. The maximum absolute atomic E-state index is 13.8. The van der Waals surface area contributed by atoms with E-state index in [4.69, 9.17) is 16.3 Å². The number of aromatic nitrogens is 3. The number of benzene rings is 1. The normalized spacial score (nSPS) is 10.3. The number of nitrogens with one attached hydrogen (secondary N) is 2.